The zero-order chi connectivity index (χ0) is 18.4. The van der Waals surface area contributed by atoms with Crippen LogP contribution >= 0.6 is 0 Å². The smallest absolute Gasteiger partial charge is 0.321 e. The first kappa shape index (κ1) is 17.5. The van der Waals surface area contributed by atoms with Gasteiger partial charge in [-0.15, -0.1) is 0 Å². The normalized spacial score (nSPS) is 12.9. The number of carbonyl (C=O) groups excluding carboxylic acids is 3. The molecule has 4 amide bonds. The third-order valence-electron chi connectivity index (χ3n) is 3.78. The Kier molecular flexibility index (Phi) is 5.52. The van der Waals surface area contributed by atoms with E-state index in [1.807, 2.05) is 0 Å². The quantitative estimate of drug-likeness (QED) is 0.602. The Hall–Kier alpha value is -3.29. The Morgan fingerprint density at radius 2 is 1.88 bits per heavy atom. The van der Waals surface area contributed by atoms with Crippen molar-refractivity contribution in [1.82, 2.24) is 16.0 Å². The number of hydrogen-bond donors (Lipinski definition) is 4. The maximum Gasteiger partial charge on any atom is 0.321 e. The molecule has 0 aliphatic heterocycles. The van der Waals surface area contributed by atoms with Gasteiger partial charge in [0.05, 0.1) is 24.9 Å². The Bertz CT molecular complexity index is 784. The molecular formula is C18H20N4O4. The summed E-state index contributed by atoms with van der Waals surface area (Å²) in [6, 6.07) is 10.0. The summed E-state index contributed by atoms with van der Waals surface area (Å²) in [6.45, 7) is 0.141. The van der Waals surface area contributed by atoms with Gasteiger partial charge < -0.3 is 20.4 Å². The maximum absolute atomic E-state index is 12.4. The first-order valence-electron chi connectivity index (χ1n) is 8.35. The largest absolute Gasteiger partial charge is 0.467 e. The summed E-state index contributed by atoms with van der Waals surface area (Å²) in [5, 5.41) is 10.6. The van der Waals surface area contributed by atoms with E-state index in [1.165, 1.54) is 6.26 Å². The van der Waals surface area contributed by atoms with Gasteiger partial charge in [0.25, 0.3) is 5.91 Å². The van der Waals surface area contributed by atoms with Crippen molar-refractivity contribution < 1.29 is 18.8 Å². The number of rotatable bonds is 7. The lowest BCUT2D eigenvalue weighted by molar-refractivity contribution is -0.118. The van der Waals surface area contributed by atoms with Crippen LogP contribution in [0.2, 0.25) is 0 Å². The summed E-state index contributed by atoms with van der Waals surface area (Å²) >= 11 is 0. The molecule has 1 aliphatic rings. The van der Waals surface area contributed by atoms with Gasteiger partial charge in [-0.1, -0.05) is 12.1 Å². The van der Waals surface area contributed by atoms with Gasteiger partial charge in [-0.3, -0.25) is 14.9 Å². The Balaban J connectivity index is 1.51. The van der Waals surface area contributed by atoms with Crippen molar-refractivity contribution in [2.75, 3.05) is 11.9 Å². The molecule has 0 unspecified atom stereocenters. The topological polar surface area (TPSA) is 112 Å². The predicted octanol–water partition coefficient (Wildman–Crippen LogP) is 1.61. The number of furan rings is 1. The van der Waals surface area contributed by atoms with E-state index in [2.05, 4.69) is 21.3 Å². The molecule has 2 aromatic rings. The summed E-state index contributed by atoms with van der Waals surface area (Å²) in [5.74, 6) is -0.129. The highest BCUT2D eigenvalue weighted by Gasteiger charge is 2.23. The SMILES string of the molecule is O=C(CNc1ccccc1C(=O)NCc1ccco1)NC(=O)NC1CC1. The van der Waals surface area contributed by atoms with Crippen LogP contribution in [-0.4, -0.2) is 30.4 Å². The molecule has 1 saturated carbocycles. The zero-order valence-corrected chi connectivity index (χ0v) is 14.1. The third kappa shape index (κ3) is 5.10. The number of benzene rings is 1. The second kappa shape index (κ2) is 8.19. The van der Waals surface area contributed by atoms with Gasteiger partial charge in [0.1, 0.15) is 5.76 Å². The fraction of sp³-hybridized carbons (Fsp3) is 0.278. The second-order valence-corrected chi connectivity index (χ2v) is 5.96. The number of nitrogens with one attached hydrogen (secondary N) is 4. The molecule has 26 heavy (non-hydrogen) atoms. The van der Waals surface area contributed by atoms with Gasteiger partial charge in [0, 0.05) is 11.7 Å². The van der Waals surface area contributed by atoms with E-state index in [0.29, 0.717) is 17.0 Å². The van der Waals surface area contributed by atoms with Gasteiger partial charge >= 0.3 is 6.03 Å². The van der Waals surface area contributed by atoms with Crippen molar-refractivity contribution in [3.05, 3.63) is 54.0 Å². The summed E-state index contributed by atoms with van der Waals surface area (Å²) in [7, 11) is 0. The minimum absolute atomic E-state index is 0.124. The molecule has 136 valence electrons. The summed E-state index contributed by atoms with van der Waals surface area (Å²) in [5.41, 5.74) is 0.900. The lowest BCUT2D eigenvalue weighted by Crippen LogP contribution is -2.42. The average Bonchev–Trinajstić information content (AvgIpc) is 3.28. The van der Waals surface area contributed by atoms with Crippen LogP contribution in [0.4, 0.5) is 10.5 Å². The maximum atomic E-state index is 12.4. The first-order valence-corrected chi connectivity index (χ1v) is 8.35. The van der Waals surface area contributed by atoms with E-state index < -0.39 is 11.9 Å². The highest BCUT2D eigenvalue weighted by molar-refractivity contribution is 6.01. The summed E-state index contributed by atoms with van der Waals surface area (Å²) in [6.07, 6.45) is 3.43. The van der Waals surface area contributed by atoms with E-state index in [0.717, 1.165) is 12.8 Å². The minimum Gasteiger partial charge on any atom is -0.467 e. The molecule has 4 N–H and O–H groups in total. The molecule has 8 nitrogen and oxygen atoms in total. The molecule has 1 aromatic heterocycles. The molecule has 1 aromatic carbocycles. The third-order valence-corrected chi connectivity index (χ3v) is 3.78. The van der Waals surface area contributed by atoms with Crippen molar-refractivity contribution in [3.63, 3.8) is 0 Å². The molecule has 0 radical (unpaired) electrons. The van der Waals surface area contributed by atoms with Gasteiger partial charge in [0.2, 0.25) is 5.91 Å². The molecule has 0 bridgehead atoms. The molecule has 1 fully saturated rings. The van der Waals surface area contributed by atoms with Crippen LogP contribution in [0.3, 0.4) is 0 Å². The molecule has 0 spiro atoms. The monoisotopic (exact) mass is 356 g/mol. The minimum atomic E-state index is -0.497. The number of amides is 4. The van der Waals surface area contributed by atoms with E-state index in [9.17, 15) is 14.4 Å². The molecule has 1 heterocycles. The Morgan fingerprint density at radius 3 is 2.62 bits per heavy atom. The molecule has 0 atom stereocenters. The zero-order valence-electron chi connectivity index (χ0n) is 14.1. The Labute approximate surface area is 150 Å². The van der Waals surface area contributed by atoms with Crippen molar-refractivity contribution in [3.8, 4) is 0 Å². The van der Waals surface area contributed by atoms with E-state index in [4.69, 9.17) is 4.42 Å². The highest BCUT2D eigenvalue weighted by Crippen LogP contribution is 2.18. The molecule has 8 heteroatoms. The van der Waals surface area contributed by atoms with Crippen LogP contribution in [0, 0.1) is 0 Å². The summed E-state index contributed by atoms with van der Waals surface area (Å²) < 4.78 is 5.18. The summed E-state index contributed by atoms with van der Waals surface area (Å²) in [4.78, 5) is 35.7. The first-order chi connectivity index (χ1) is 12.6. The highest BCUT2D eigenvalue weighted by atomic mass is 16.3. The molecule has 0 saturated heterocycles. The predicted molar refractivity (Wildman–Crippen MR) is 94.5 cm³/mol. The number of anilines is 1. The van der Waals surface area contributed by atoms with Gasteiger partial charge in [0.15, 0.2) is 0 Å². The van der Waals surface area contributed by atoms with Crippen LogP contribution in [0.1, 0.15) is 29.0 Å². The Morgan fingerprint density at radius 1 is 1.08 bits per heavy atom. The van der Waals surface area contributed by atoms with Crippen LogP contribution in [-0.2, 0) is 11.3 Å². The lowest BCUT2D eigenvalue weighted by Gasteiger charge is -2.12. The molecule has 1 aliphatic carbocycles. The van der Waals surface area contributed by atoms with Gasteiger partial charge in [-0.25, -0.2) is 4.79 Å². The molecular weight excluding hydrogens is 336 g/mol. The van der Waals surface area contributed by atoms with Crippen molar-refractivity contribution in [1.29, 1.82) is 0 Å². The van der Waals surface area contributed by atoms with E-state index >= 15 is 0 Å². The van der Waals surface area contributed by atoms with Crippen LogP contribution in [0.5, 0.6) is 0 Å². The number of urea groups is 1. The van der Waals surface area contributed by atoms with Crippen molar-refractivity contribution in [2.45, 2.75) is 25.4 Å². The average molecular weight is 356 g/mol. The van der Waals surface area contributed by atoms with Gasteiger partial charge in [-0.2, -0.15) is 0 Å². The van der Waals surface area contributed by atoms with Crippen LogP contribution in [0.25, 0.3) is 0 Å². The number of carbonyl (C=O) groups is 3. The number of hydrogen-bond acceptors (Lipinski definition) is 5. The fourth-order valence-electron chi connectivity index (χ4n) is 2.31. The lowest BCUT2D eigenvalue weighted by atomic mass is 10.1. The van der Waals surface area contributed by atoms with E-state index in [-0.39, 0.29) is 25.0 Å². The van der Waals surface area contributed by atoms with Crippen LogP contribution in [0.15, 0.2) is 47.1 Å². The number of para-hydroxylation sites is 1. The van der Waals surface area contributed by atoms with Crippen LogP contribution < -0.4 is 21.3 Å². The second-order valence-electron chi connectivity index (χ2n) is 5.96. The van der Waals surface area contributed by atoms with Crippen molar-refractivity contribution >= 4 is 23.5 Å². The standard InChI is InChI=1S/C18H20N4O4/c23-16(22-18(25)21-12-7-8-12)11-19-15-6-2-1-5-14(15)17(24)20-10-13-4-3-9-26-13/h1-6,9,12,19H,7-8,10-11H2,(H,20,24)(H2,21,22,23,25). The van der Waals surface area contributed by atoms with Gasteiger partial charge in [-0.05, 0) is 37.1 Å². The molecule has 3 rings (SSSR count). The van der Waals surface area contributed by atoms with E-state index in [1.54, 1.807) is 36.4 Å². The number of imide groups is 1. The van der Waals surface area contributed by atoms with Crippen molar-refractivity contribution in [2.24, 2.45) is 0 Å². The fourth-order valence-corrected chi connectivity index (χ4v) is 2.31.